The standard InChI is InChI=1S/C44H53N11O5/c1-26-23-52(31-9-11-33-34(20-31)42(59)55(41(33)58)35-12-14-38(56)48-40(35)57)24-27(2)53(26)25-28-15-17-51(18-16-28)32-10-13-37(45-22-32)47-44-46-21-29-19-36(43(60)50(3)4)54(39(29)49-44)30-7-5-6-8-30/h9-11,13,19-22,26-28,30,35H,5-8,12,14-18,23-25H2,1-4H3,(H,48,56,57)(H,45,46,47,49). The molecule has 0 bridgehead atoms. The van der Waals surface area contributed by atoms with Gasteiger partial charge in [0.2, 0.25) is 17.8 Å². The van der Waals surface area contributed by atoms with Crippen molar-refractivity contribution in [3.63, 3.8) is 0 Å². The fraction of sp³-hybridized carbons (Fsp3) is 0.500. The number of carbonyl (C=O) groups is 5. The zero-order valence-electron chi connectivity index (χ0n) is 34.8. The topological polar surface area (TPSA) is 169 Å². The number of nitrogens with zero attached hydrogens (tertiary/aromatic N) is 9. The van der Waals surface area contributed by atoms with E-state index in [1.165, 1.54) is 0 Å². The molecule has 9 rings (SSSR count). The first-order valence-corrected chi connectivity index (χ1v) is 21.4. The minimum atomic E-state index is -0.977. The number of pyridine rings is 1. The van der Waals surface area contributed by atoms with Crippen molar-refractivity contribution in [1.82, 2.24) is 39.5 Å². The average molecular weight is 816 g/mol. The Morgan fingerprint density at radius 1 is 0.833 bits per heavy atom. The maximum Gasteiger partial charge on any atom is 0.270 e. The normalized spacial score (nSPS) is 23.1. The average Bonchev–Trinajstić information content (AvgIpc) is 3.96. The number of aromatic nitrogens is 4. The van der Waals surface area contributed by atoms with Gasteiger partial charge in [0.15, 0.2) is 0 Å². The molecule has 3 aromatic heterocycles. The number of piperidine rings is 2. The highest BCUT2D eigenvalue weighted by Crippen LogP contribution is 2.36. The summed E-state index contributed by atoms with van der Waals surface area (Å²) in [5.74, 6) is -0.318. The third kappa shape index (κ3) is 7.34. The summed E-state index contributed by atoms with van der Waals surface area (Å²) in [4.78, 5) is 88.1. The fourth-order valence-electron chi connectivity index (χ4n) is 10.0. The molecule has 16 heteroatoms. The van der Waals surface area contributed by atoms with Gasteiger partial charge in [-0.2, -0.15) is 4.98 Å². The Labute approximate surface area is 349 Å². The van der Waals surface area contributed by atoms with Crippen molar-refractivity contribution in [1.29, 1.82) is 0 Å². The molecule has 1 aliphatic carbocycles. The van der Waals surface area contributed by atoms with Crippen LogP contribution in [0.5, 0.6) is 0 Å². The van der Waals surface area contributed by atoms with Crippen LogP contribution in [0.25, 0.3) is 11.0 Å². The largest absolute Gasteiger partial charge is 0.370 e. The molecule has 1 aromatic carbocycles. The van der Waals surface area contributed by atoms with Crippen LogP contribution in [0.2, 0.25) is 0 Å². The van der Waals surface area contributed by atoms with Gasteiger partial charge in [0, 0.05) is 88.6 Å². The van der Waals surface area contributed by atoms with Gasteiger partial charge in [0.1, 0.15) is 23.2 Å². The summed E-state index contributed by atoms with van der Waals surface area (Å²) in [6.07, 6.45) is 10.4. The summed E-state index contributed by atoms with van der Waals surface area (Å²) in [5, 5.41) is 6.40. The minimum Gasteiger partial charge on any atom is -0.370 e. The summed E-state index contributed by atoms with van der Waals surface area (Å²) in [6.45, 7) is 9.00. The number of piperazine rings is 1. The number of rotatable bonds is 9. The van der Waals surface area contributed by atoms with E-state index < -0.39 is 23.8 Å². The number of hydrogen-bond acceptors (Lipinski definition) is 12. The van der Waals surface area contributed by atoms with Crippen LogP contribution in [0.3, 0.4) is 0 Å². The lowest BCUT2D eigenvalue weighted by Crippen LogP contribution is -2.58. The molecule has 1 saturated carbocycles. The first-order valence-electron chi connectivity index (χ1n) is 21.4. The predicted molar refractivity (Wildman–Crippen MR) is 226 cm³/mol. The van der Waals surface area contributed by atoms with E-state index in [1.807, 2.05) is 24.4 Å². The summed E-state index contributed by atoms with van der Waals surface area (Å²) in [5.41, 5.74) is 4.00. The summed E-state index contributed by atoms with van der Waals surface area (Å²) in [6, 6.07) is 11.2. The molecule has 5 aliphatic rings. The third-order valence-electron chi connectivity index (χ3n) is 13.2. The number of imide groups is 2. The Morgan fingerprint density at radius 2 is 1.55 bits per heavy atom. The van der Waals surface area contributed by atoms with Crippen molar-refractivity contribution in [2.75, 3.05) is 61.9 Å². The molecule has 16 nitrogen and oxygen atoms in total. The van der Waals surface area contributed by atoms with Gasteiger partial charge in [-0.3, -0.25) is 39.1 Å². The number of carbonyl (C=O) groups excluding carboxylic acids is 5. The lowest BCUT2D eigenvalue weighted by molar-refractivity contribution is -0.136. The van der Waals surface area contributed by atoms with Crippen LogP contribution in [-0.4, -0.2) is 129 Å². The van der Waals surface area contributed by atoms with Crippen molar-refractivity contribution in [3.05, 3.63) is 65.6 Å². The predicted octanol–water partition coefficient (Wildman–Crippen LogP) is 4.60. The smallest absolute Gasteiger partial charge is 0.270 e. The van der Waals surface area contributed by atoms with Crippen LogP contribution in [0.1, 0.15) is 102 Å². The molecule has 0 radical (unpaired) electrons. The molecule has 4 aliphatic heterocycles. The van der Waals surface area contributed by atoms with E-state index in [9.17, 15) is 24.0 Å². The second-order valence-electron chi connectivity index (χ2n) is 17.4. The van der Waals surface area contributed by atoms with Gasteiger partial charge >= 0.3 is 0 Å². The number of fused-ring (bicyclic) bond motifs is 2. The summed E-state index contributed by atoms with van der Waals surface area (Å²) in [7, 11) is 3.55. The van der Waals surface area contributed by atoms with Crippen molar-refractivity contribution in [2.24, 2.45) is 5.92 Å². The molecule has 3 atom stereocenters. The number of benzene rings is 1. The second kappa shape index (κ2) is 15.9. The molecule has 60 heavy (non-hydrogen) atoms. The Kier molecular flexibility index (Phi) is 10.5. The maximum absolute atomic E-state index is 13.5. The van der Waals surface area contributed by atoms with Crippen LogP contribution < -0.4 is 20.4 Å². The van der Waals surface area contributed by atoms with Crippen LogP contribution in [0.15, 0.2) is 48.8 Å². The van der Waals surface area contributed by atoms with Gasteiger partial charge < -0.3 is 24.6 Å². The highest BCUT2D eigenvalue weighted by Gasteiger charge is 2.45. The van der Waals surface area contributed by atoms with Gasteiger partial charge in [-0.05, 0) is 88.3 Å². The fourth-order valence-corrected chi connectivity index (χ4v) is 10.0. The van der Waals surface area contributed by atoms with Crippen LogP contribution in [0.4, 0.5) is 23.1 Å². The summed E-state index contributed by atoms with van der Waals surface area (Å²) >= 11 is 0. The molecular weight excluding hydrogens is 763 g/mol. The first-order chi connectivity index (χ1) is 28.9. The van der Waals surface area contributed by atoms with Crippen molar-refractivity contribution >= 4 is 63.7 Å². The second-order valence-corrected chi connectivity index (χ2v) is 17.4. The van der Waals surface area contributed by atoms with E-state index >= 15 is 0 Å². The van der Waals surface area contributed by atoms with Crippen LogP contribution in [-0.2, 0) is 9.59 Å². The van der Waals surface area contributed by atoms with E-state index in [0.717, 1.165) is 98.6 Å². The zero-order chi connectivity index (χ0) is 41.8. The quantitative estimate of drug-likeness (QED) is 0.226. The molecule has 4 fully saturated rings. The minimum absolute atomic E-state index is 0.0319. The van der Waals surface area contributed by atoms with Crippen LogP contribution in [0, 0.1) is 5.92 Å². The molecule has 3 saturated heterocycles. The van der Waals surface area contributed by atoms with Gasteiger partial charge in [-0.25, -0.2) is 9.97 Å². The number of hydrogen-bond donors (Lipinski definition) is 2. The van der Waals surface area contributed by atoms with Crippen LogP contribution >= 0.6 is 0 Å². The van der Waals surface area contributed by atoms with E-state index in [2.05, 4.69) is 54.8 Å². The molecule has 5 amide bonds. The maximum atomic E-state index is 13.5. The number of nitrogens with one attached hydrogen (secondary N) is 2. The highest BCUT2D eigenvalue weighted by atomic mass is 16.2. The third-order valence-corrected chi connectivity index (χ3v) is 13.2. The Balaban J connectivity index is 0.788. The van der Waals surface area contributed by atoms with Gasteiger partial charge in [0.25, 0.3) is 17.7 Å². The van der Waals surface area contributed by atoms with Gasteiger partial charge in [-0.1, -0.05) is 12.8 Å². The van der Waals surface area contributed by atoms with E-state index in [-0.39, 0.29) is 42.8 Å². The SMILES string of the molecule is CC1CN(c2ccc3c(c2)C(=O)N(C2CCC(=O)NC2=O)C3=O)CC(C)N1CC1CCN(c2ccc(Nc3ncc4cc(C(=O)N(C)C)n(C5CCCC5)c4n3)nc2)CC1. The molecule has 3 unspecified atom stereocenters. The molecule has 314 valence electrons. The van der Waals surface area contributed by atoms with Crippen molar-refractivity contribution < 1.29 is 24.0 Å². The molecule has 2 N–H and O–H groups in total. The summed E-state index contributed by atoms with van der Waals surface area (Å²) < 4.78 is 2.12. The molecule has 0 spiro atoms. The van der Waals surface area contributed by atoms with E-state index in [4.69, 9.17) is 9.97 Å². The monoisotopic (exact) mass is 815 g/mol. The lowest BCUT2D eigenvalue weighted by atomic mass is 9.93. The molecule has 7 heterocycles. The van der Waals surface area contributed by atoms with Crippen molar-refractivity contribution in [2.45, 2.75) is 89.4 Å². The Bertz CT molecular complexity index is 2340. The van der Waals surface area contributed by atoms with E-state index in [1.54, 1.807) is 37.3 Å². The highest BCUT2D eigenvalue weighted by molar-refractivity contribution is 6.23. The van der Waals surface area contributed by atoms with Gasteiger partial charge in [0.05, 0.1) is 23.0 Å². The van der Waals surface area contributed by atoms with E-state index in [0.29, 0.717) is 34.5 Å². The number of amides is 5. The van der Waals surface area contributed by atoms with Crippen molar-refractivity contribution in [3.8, 4) is 0 Å². The first kappa shape index (κ1) is 39.6. The van der Waals surface area contributed by atoms with Gasteiger partial charge in [-0.15, -0.1) is 0 Å². The number of anilines is 4. The lowest BCUT2D eigenvalue weighted by Gasteiger charge is -2.47. The Morgan fingerprint density at radius 3 is 2.23 bits per heavy atom. The Hall–Kier alpha value is -5.90. The zero-order valence-corrected chi connectivity index (χ0v) is 34.8. The molecule has 4 aromatic rings. The molecular formula is C44H53N11O5.